The van der Waals surface area contributed by atoms with Crippen LogP contribution in [0, 0.1) is 0 Å². The van der Waals surface area contributed by atoms with Crippen molar-refractivity contribution in [3.05, 3.63) is 42.5 Å². The molecule has 1 N–H and O–H groups in total. The number of anilines is 2. The second kappa shape index (κ2) is 5.34. The summed E-state index contributed by atoms with van der Waals surface area (Å²) in [6.45, 7) is 3.12. The zero-order valence-electron chi connectivity index (χ0n) is 11.3. The summed E-state index contributed by atoms with van der Waals surface area (Å²) in [7, 11) is 2.02. The molecule has 0 saturated carbocycles. The second-order valence-corrected chi connectivity index (χ2v) is 5.05. The largest absolute Gasteiger partial charge is 0.378 e. The minimum atomic E-state index is 0.757. The van der Waals surface area contributed by atoms with Gasteiger partial charge in [0.2, 0.25) is 0 Å². The second-order valence-electron chi connectivity index (χ2n) is 5.05. The Kier molecular flexibility index (Phi) is 3.40. The fraction of sp³-hybridized carbons (Fsp3) is 0.400. The quantitative estimate of drug-likeness (QED) is 0.913. The molecule has 0 amide bonds. The van der Waals surface area contributed by atoms with Crippen LogP contribution in [0.1, 0.15) is 18.7 Å². The van der Waals surface area contributed by atoms with Gasteiger partial charge < -0.3 is 14.8 Å². The molecule has 1 saturated heterocycles. The minimum absolute atomic E-state index is 0.757. The molecule has 1 aliphatic heterocycles. The average Bonchev–Trinajstić information content (AvgIpc) is 3.08. The molecule has 4 heteroatoms. The van der Waals surface area contributed by atoms with E-state index in [0.717, 1.165) is 18.1 Å². The number of rotatable bonds is 4. The first-order chi connectivity index (χ1) is 9.33. The van der Waals surface area contributed by atoms with E-state index < -0.39 is 0 Å². The number of aromatic nitrogens is 2. The SMILES string of the molecule is Cn1ccnc1CNc1cccc(N2CCCC2)c1. The highest BCUT2D eigenvalue weighted by molar-refractivity contribution is 5.58. The molecular weight excluding hydrogens is 236 g/mol. The molecule has 1 aromatic carbocycles. The normalized spacial score (nSPS) is 14.9. The smallest absolute Gasteiger partial charge is 0.127 e. The number of nitrogens with zero attached hydrogens (tertiary/aromatic N) is 3. The van der Waals surface area contributed by atoms with Crippen LogP contribution in [0.25, 0.3) is 0 Å². The van der Waals surface area contributed by atoms with Crippen LogP contribution in [-0.2, 0) is 13.6 Å². The van der Waals surface area contributed by atoms with Crippen LogP contribution >= 0.6 is 0 Å². The molecule has 2 aromatic rings. The lowest BCUT2D eigenvalue weighted by atomic mass is 10.2. The summed E-state index contributed by atoms with van der Waals surface area (Å²) in [5.41, 5.74) is 2.48. The highest BCUT2D eigenvalue weighted by atomic mass is 15.1. The third-order valence-corrected chi connectivity index (χ3v) is 3.69. The fourth-order valence-corrected chi connectivity index (χ4v) is 2.54. The lowest BCUT2D eigenvalue weighted by Crippen LogP contribution is -2.17. The van der Waals surface area contributed by atoms with E-state index in [-0.39, 0.29) is 0 Å². The van der Waals surface area contributed by atoms with Gasteiger partial charge in [0.1, 0.15) is 5.82 Å². The minimum Gasteiger partial charge on any atom is -0.378 e. The molecule has 0 atom stereocenters. The van der Waals surface area contributed by atoms with Crippen molar-refractivity contribution in [1.82, 2.24) is 9.55 Å². The van der Waals surface area contributed by atoms with Gasteiger partial charge in [0.15, 0.2) is 0 Å². The lowest BCUT2D eigenvalue weighted by Gasteiger charge is -2.18. The number of aryl methyl sites for hydroxylation is 1. The number of imidazole rings is 1. The molecule has 100 valence electrons. The van der Waals surface area contributed by atoms with Crippen LogP contribution in [0.4, 0.5) is 11.4 Å². The first-order valence-corrected chi connectivity index (χ1v) is 6.88. The van der Waals surface area contributed by atoms with Crippen molar-refractivity contribution in [2.24, 2.45) is 7.05 Å². The predicted octanol–water partition coefficient (Wildman–Crippen LogP) is 2.63. The first kappa shape index (κ1) is 12.1. The third-order valence-electron chi connectivity index (χ3n) is 3.69. The molecule has 1 aromatic heterocycles. The molecule has 1 aliphatic rings. The van der Waals surface area contributed by atoms with Crippen LogP contribution < -0.4 is 10.2 Å². The Labute approximate surface area is 114 Å². The van der Waals surface area contributed by atoms with Crippen LogP contribution in [0.3, 0.4) is 0 Å². The summed E-state index contributed by atoms with van der Waals surface area (Å²) in [5.74, 6) is 1.05. The van der Waals surface area contributed by atoms with E-state index in [1.165, 1.54) is 31.6 Å². The maximum Gasteiger partial charge on any atom is 0.127 e. The number of hydrogen-bond donors (Lipinski definition) is 1. The van der Waals surface area contributed by atoms with Gasteiger partial charge in [-0.25, -0.2) is 4.98 Å². The van der Waals surface area contributed by atoms with Crippen molar-refractivity contribution >= 4 is 11.4 Å². The van der Waals surface area contributed by atoms with E-state index in [4.69, 9.17) is 0 Å². The first-order valence-electron chi connectivity index (χ1n) is 6.88. The summed E-state index contributed by atoms with van der Waals surface area (Å²) >= 11 is 0. The van der Waals surface area contributed by atoms with Gasteiger partial charge in [0.05, 0.1) is 6.54 Å². The molecule has 19 heavy (non-hydrogen) atoms. The molecule has 0 bridgehead atoms. The summed E-state index contributed by atoms with van der Waals surface area (Å²) in [4.78, 5) is 6.77. The Balaban J connectivity index is 1.67. The fourth-order valence-electron chi connectivity index (χ4n) is 2.54. The third kappa shape index (κ3) is 2.72. The molecule has 0 aliphatic carbocycles. The molecule has 0 unspecified atom stereocenters. The van der Waals surface area contributed by atoms with E-state index in [0.29, 0.717) is 0 Å². The standard InChI is InChI=1S/C15H20N4/c1-18-10-7-16-15(18)12-17-13-5-4-6-14(11-13)19-8-2-3-9-19/h4-7,10-11,17H,2-3,8-9,12H2,1H3. The number of hydrogen-bond acceptors (Lipinski definition) is 3. The van der Waals surface area contributed by atoms with Crippen molar-refractivity contribution < 1.29 is 0 Å². The molecule has 1 fully saturated rings. The Hall–Kier alpha value is -1.97. The van der Waals surface area contributed by atoms with Crippen LogP contribution in [0.15, 0.2) is 36.7 Å². The zero-order chi connectivity index (χ0) is 13.1. The molecule has 2 heterocycles. The van der Waals surface area contributed by atoms with Crippen molar-refractivity contribution in [3.8, 4) is 0 Å². The number of nitrogens with one attached hydrogen (secondary N) is 1. The highest BCUT2D eigenvalue weighted by Gasteiger charge is 2.12. The summed E-state index contributed by atoms with van der Waals surface area (Å²) in [6.07, 6.45) is 6.42. The predicted molar refractivity (Wildman–Crippen MR) is 78.4 cm³/mol. The highest BCUT2D eigenvalue weighted by Crippen LogP contribution is 2.23. The van der Waals surface area contributed by atoms with Gasteiger partial charge in [-0.05, 0) is 31.0 Å². The number of benzene rings is 1. The summed E-state index contributed by atoms with van der Waals surface area (Å²) in [5, 5.41) is 3.44. The van der Waals surface area contributed by atoms with Crippen molar-refractivity contribution in [2.75, 3.05) is 23.3 Å². The van der Waals surface area contributed by atoms with E-state index in [9.17, 15) is 0 Å². The van der Waals surface area contributed by atoms with Gasteiger partial charge in [0.25, 0.3) is 0 Å². The van der Waals surface area contributed by atoms with Crippen molar-refractivity contribution in [1.29, 1.82) is 0 Å². The van der Waals surface area contributed by atoms with Crippen LogP contribution in [-0.4, -0.2) is 22.6 Å². The average molecular weight is 256 g/mol. The van der Waals surface area contributed by atoms with Crippen molar-refractivity contribution in [3.63, 3.8) is 0 Å². The van der Waals surface area contributed by atoms with E-state index in [1.807, 2.05) is 24.0 Å². The molecule has 4 nitrogen and oxygen atoms in total. The Morgan fingerprint density at radius 2 is 2.11 bits per heavy atom. The van der Waals surface area contributed by atoms with E-state index >= 15 is 0 Å². The van der Waals surface area contributed by atoms with Gasteiger partial charge in [-0.15, -0.1) is 0 Å². The van der Waals surface area contributed by atoms with Crippen LogP contribution in [0.2, 0.25) is 0 Å². The Bertz CT molecular complexity index is 541. The molecular formula is C15H20N4. The molecule has 0 radical (unpaired) electrons. The van der Waals surface area contributed by atoms with Gasteiger partial charge in [0, 0.05) is 43.9 Å². The molecule has 3 rings (SSSR count). The summed E-state index contributed by atoms with van der Waals surface area (Å²) in [6, 6.07) is 8.66. The maximum absolute atomic E-state index is 4.32. The lowest BCUT2D eigenvalue weighted by molar-refractivity contribution is 0.813. The summed E-state index contributed by atoms with van der Waals surface area (Å²) < 4.78 is 2.04. The Morgan fingerprint density at radius 1 is 1.26 bits per heavy atom. The molecule has 0 spiro atoms. The van der Waals surface area contributed by atoms with Gasteiger partial charge >= 0.3 is 0 Å². The maximum atomic E-state index is 4.32. The zero-order valence-corrected chi connectivity index (χ0v) is 11.3. The Morgan fingerprint density at radius 3 is 2.84 bits per heavy atom. The van der Waals surface area contributed by atoms with Gasteiger partial charge in [-0.3, -0.25) is 0 Å². The van der Waals surface area contributed by atoms with E-state index in [2.05, 4.69) is 39.5 Å². The van der Waals surface area contributed by atoms with Crippen molar-refractivity contribution in [2.45, 2.75) is 19.4 Å². The van der Waals surface area contributed by atoms with Crippen LogP contribution in [0.5, 0.6) is 0 Å². The van der Waals surface area contributed by atoms with E-state index in [1.54, 1.807) is 0 Å². The monoisotopic (exact) mass is 256 g/mol. The van der Waals surface area contributed by atoms with Gasteiger partial charge in [-0.1, -0.05) is 6.07 Å². The van der Waals surface area contributed by atoms with Gasteiger partial charge in [-0.2, -0.15) is 0 Å². The topological polar surface area (TPSA) is 33.1 Å².